The van der Waals surface area contributed by atoms with Gasteiger partial charge in [0, 0.05) is 31.7 Å². The smallest absolute Gasteiger partial charge is 0.0595 e. The summed E-state index contributed by atoms with van der Waals surface area (Å²) in [6, 6.07) is 7.03. The standard InChI is InChI=1S/C15H22Cl2N2/c1-10(2)15-9-19(11(3)7-18-15)8-12-4-5-13(16)14(17)6-12/h4-6,10-11,15,18H,7-9H2,1-3H3. The van der Waals surface area contributed by atoms with Crippen molar-refractivity contribution in [3.63, 3.8) is 0 Å². The normalized spacial score (nSPS) is 24.9. The van der Waals surface area contributed by atoms with Crippen molar-refractivity contribution in [1.29, 1.82) is 0 Å². The van der Waals surface area contributed by atoms with Crippen LogP contribution in [0.3, 0.4) is 0 Å². The van der Waals surface area contributed by atoms with E-state index in [-0.39, 0.29) is 0 Å². The lowest BCUT2D eigenvalue weighted by Gasteiger charge is -2.40. The molecule has 0 amide bonds. The van der Waals surface area contributed by atoms with Gasteiger partial charge < -0.3 is 5.32 Å². The SMILES string of the molecule is CC(C)C1CN(Cc2ccc(Cl)c(Cl)c2)C(C)CN1. The molecule has 0 bridgehead atoms. The fourth-order valence-corrected chi connectivity index (χ4v) is 2.81. The van der Waals surface area contributed by atoms with E-state index >= 15 is 0 Å². The Kier molecular flexibility index (Phi) is 5.13. The third-order valence-electron chi connectivity index (χ3n) is 3.90. The van der Waals surface area contributed by atoms with Crippen molar-refractivity contribution >= 4 is 23.2 Å². The van der Waals surface area contributed by atoms with E-state index in [1.165, 1.54) is 5.56 Å². The molecule has 1 saturated heterocycles. The maximum absolute atomic E-state index is 6.08. The minimum Gasteiger partial charge on any atom is -0.311 e. The first kappa shape index (κ1) is 15.1. The number of piperazine rings is 1. The molecule has 2 rings (SSSR count). The van der Waals surface area contributed by atoms with Crippen molar-refractivity contribution in [3.05, 3.63) is 33.8 Å². The highest BCUT2D eigenvalue weighted by atomic mass is 35.5. The van der Waals surface area contributed by atoms with Gasteiger partial charge in [0.05, 0.1) is 10.0 Å². The molecular weight excluding hydrogens is 279 g/mol. The average Bonchev–Trinajstić information content (AvgIpc) is 2.36. The summed E-state index contributed by atoms with van der Waals surface area (Å²) in [4.78, 5) is 2.51. The highest BCUT2D eigenvalue weighted by Crippen LogP contribution is 2.24. The van der Waals surface area contributed by atoms with Gasteiger partial charge in [0.2, 0.25) is 0 Å². The van der Waals surface area contributed by atoms with Gasteiger partial charge in [-0.2, -0.15) is 0 Å². The first-order chi connectivity index (χ1) is 8.97. The van der Waals surface area contributed by atoms with Crippen LogP contribution in [0, 0.1) is 5.92 Å². The van der Waals surface area contributed by atoms with Gasteiger partial charge in [0.25, 0.3) is 0 Å². The number of hydrogen-bond acceptors (Lipinski definition) is 2. The number of nitrogens with one attached hydrogen (secondary N) is 1. The van der Waals surface area contributed by atoms with Crippen LogP contribution in [0.4, 0.5) is 0 Å². The topological polar surface area (TPSA) is 15.3 Å². The van der Waals surface area contributed by atoms with E-state index in [4.69, 9.17) is 23.2 Å². The summed E-state index contributed by atoms with van der Waals surface area (Å²) in [5, 5.41) is 4.88. The molecule has 2 unspecified atom stereocenters. The minimum atomic E-state index is 0.546. The number of halogens is 2. The van der Waals surface area contributed by atoms with Crippen LogP contribution in [-0.2, 0) is 6.54 Å². The largest absolute Gasteiger partial charge is 0.311 e. The van der Waals surface area contributed by atoms with E-state index in [0.717, 1.165) is 19.6 Å². The molecule has 106 valence electrons. The van der Waals surface area contributed by atoms with E-state index in [1.807, 2.05) is 12.1 Å². The van der Waals surface area contributed by atoms with E-state index in [0.29, 0.717) is 28.0 Å². The van der Waals surface area contributed by atoms with Gasteiger partial charge in [-0.15, -0.1) is 0 Å². The molecule has 0 aliphatic carbocycles. The summed E-state index contributed by atoms with van der Waals surface area (Å²) in [5.41, 5.74) is 1.23. The molecule has 0 saturated carbocycles. The van der Waals surface area contributed by atoms with Crippen LogP contribution in [0.25, 0.3) is 0 Å². The quantitative estimate of drug-likeness (QED) is 0.913. The molecule has 0 aromatic heterocycles. The van der Waals surface area contributed by atoms with Gasteiger partial charge in [-0.3, -0.25) is 4.90 Å². The molecule has 1 aliphatic heterocycles. The van der Waals surface area contributed by atoms with E-state index in [1.54, 1.807) is 0 Å². The van der Waals surface area contributed by atoms with Crippen LogP contribution >= 0.6 is 23.2 Å². The van der Waals surface area contributed by atoms with Crippen LogP contribution < -0.4 is 5.32 Å². The molecule has 1 heterocycles. The van der Waals surface area contributed by atoms with Crippen LogP contribution in [0.1, 0.15) is 26.3 Å². The number of hydrogen-bond donors (Lipinski definition) is 1. The lowest BCUT2D eigenvalue weighted by Crippen LogP contribution is -2.56. The Balaban J connectivity index is 2.05. The van der Waals surface area contributed by atoms with E-state index in [2.05, 4.69) is 37.1 Å². The number of benzene rings is 1. The second kappa shape index (κ2) is 6.45. The van der Waals surface area contributed by atoms with Crippen molar-refractivity contribution < 1.29 is 0 Å². The average molecular weight is 301 g/mol. The first-order valence-electron chi connectivity index (χ1n) is 6.88. The third kappa shape index (κ3) is 3.85. The Morgan fingerprint density at radius 2 is 2.05 bits per heavy atom. The second-order valence-electron chi connectivity index (χ2n) is 5.79. The molecule has 1 aliphatic rings. The highest BCUT2D eigenvalue weighted by Gasteiger charge is 2.26. The minimum absolute atomic E-state index is 0.546. The Hall–Kier alpha value is -0.280. The van der Waals surface area contributed by atoms with Crippen molar-refractivity contribution in [2.75, 3.05) is 13.1 Å². The first-order valence-corrected chi connectivity index (χ1v) is 7.64. The van der Waals surface area contributed by atoms with Gasteiger partial charge in [0.15, 0.2) is 0 Å². The zero-order chi connectivity index (χ0) is 14.0. The van der Waals surface area contributed by atoms with Crippen molar-refractivity contribution in [2.45, 2.75) is 39.4 Å². The lowest BCUT2D eigenvalue weighted by atomic mass is 9.99. The zero-order valence-corrected chi connectivity index (χ0v) is 13.3. The predicted octanol–water partition coefficient (Wildman–Crippen LogP) is 3.81. The maximum atomic E-state index is 6.08. The fourth-order valence-electron chi connectivity index (χ4n) is 2.49. The summed E-state index contributed by atoms with van der Waals surface area (Å²) in [6.45, 7) is 9.86. The van der Waals surface area contributed by atoms with Gasteiger partial charge in [-0.05, 0) is 30.5 Å². The van der Waals surface area contributed by atoms with Crippen molar-refractivity contribution in [3.8, 4) is 0 Å². The van der Waals surface area contributed by atoms with Crippen molar-refractivity contribution in [2.24, 2.45) is 5.92 Å². The second-order valence-corrected chi connectivity index (χ2v) is 6.60. The molecule has 1 fully saturated rings. The third-order valence-corrected chi connectivity index (χ3v) is 4.64. The molecular formula is C15H22Cl2N2. The van der Waals surface area contributed by atoms with Crippen molar-refractivity contribution in [1.82, 2.24) is 10.2 Å². The Morgan fingerprint density at radius 1 is 1.32 bits per heavy atom. The molecule has 1 N–H and O–H groups in total. The monoisotopic (exact) mass is 300 g/mol. The summed E-state index contributed by atoms with van der Waals surface area (Å²) >= 11 is 12.0. The summed E-state index contributed by atoms with van der Waals surface area (Å²) < 4.78 is 0. The van der Waals surface area contributed by atoms with Gasteiger partial charge in [-0.25, -0.2) is 0 Å². The molecule has 19 heavy (non-hydrogen) atoms. The lowest BCUT2D eigenvalue weighted by molar-refractivity contribution is 0.116. The summed E-state index contributed by atoms with van der Waals surface area (Å²) in [6.07, 6.45) is 0. The molecule has 1 aromatic rings. The Labute approximate surface area is 126 Å². The van der Waals surface area contributed by atoms with Crippen LogP contribution in [0.15, 0.2) is 18.2 Å². The molecule has 4 heteroatoms. The van der Waals surface area contributed by atoms with Crippen LogP contribution in [0.2, 0.25) is 10.0 Å². The van der Waals surface area contributed by atoms with E-state index in [9.17, 15) is 0 Å². The molecule has 2 atom stereocenters. The Morgan fingerprint density at radius 3 is 2.68 bits per heavy atom. The van der Waals surface area contributed by atoms with Crippen LogP contribution in [0.5, 0.6) is 0 Å². The number of nitrogens with zero attached hydrogens (tertiary/aromatic N) is 1. The number of rotatable bonds is 3. The highest BCUT2D eigenvalue weighted by molar-refractivity contribution is 6.42. The zero-order valence-electron chi connectivity index (χ0n) is 11.8. The Bertz CT molecular complexity index is 434. The summed E-state index contributed by atoms with van der Waals surface area (Å²) in [5.74, 6) is 0.656. The van der Waals surface area contributed by atoms with E-state index < -0.39 is 0 Å². The molecule has 2 nitrogen and oxygen atoms in total. The van der Waals surface area contributed by atoms with Gasteiger partial charge in [0.1, 0.15) is 0 Å². The van der Waals surface area contributed by atoms with Gasteiger partial charge >= 0.3 is 0 Å². The van der Waals surface area contributed by atoms with Crippen LogP contribution in [-0.4, -0.2) is 30.1 Å². The fraction of sp³-hybridized carbons (Fsp3) is 0.600. The molecule has 1 aromatic carbocycles. The maximum Gasteiger partial charge on any atom is 0.0595 e. The predicted molar refractivity (Wildman–Crippen MR) is 83.0 cm³/mol. The molecule has 0 radical (unpaired) electrons. The molecule has 0 spiro atoms. The van der Waals surface area contributed by atoms with Gasteiger partial charge in [-0.1, -0.05) is 43.1 Å². The summed E-state index contributed by atoms with van der Waals surface area (Å²) in [7, 11) is 0.